The smallest absolute Gasteiger partial charge is 0.302 e. The molecule has 0 aliphatic carbocycles. The van der Waals surface area contributed by atoms with Crippen LogP contribution in [0, 0.1) is 0 Å². The Hall–Kier alpha value is -0.180. The number of rotatable bonds is 11. The van der Waals surface area contributed by atoms with Crippen LogP contribution in [0.5, 0.6) is 0 Å². The van der Waals surface area contributed by atoms with E-state index in [1.807, 2.05) is 0 Å². The summed E-state index contributed by atoms with van der Waals surface area (Å²) in [7, 11) is 0. The molecule has 2 nitrogen and oxygen atoms in total. The first kappa shape index (κ1) is 15.8. The molecule has 0 heterocycles. The third-order valence-corrected chi connectivity index (χ3v) is 3.54. The lowest BCUT2D eigenvalue weighted by Gasteiger charge is -2.02. The maximum absolute atomic E-state index is 10.5. The van der Waals surface area contributed by atoms with E-state index in [1.165, 1.54) is 57.0 Å². The van der Waals surface area contributed by atoms with Gasteiger partial charge in [0.05, 0.1) is 6.61 Å². The van der Waals surface area contributed by atoms with Crippen molar-refractivity contribution in [2.24, 2.45) is 0 Å². The van der Waals surface area contributed by atoms with E-state index in [2.05, 4.69) is 18.7 Å². The van der Waals surface area contributed by atoms with Crippen LogP contribution >= 0.6 is 11.8 Å². The number of ether oxygens (including phenoxy) is 1. The van der Waals surface area contributed by atoms with Crippen LogP contribution in [0.3, 0.4) is 0 Å². The summed E-state index contributed by atoms with van der Waals surface area (Å²) >= 11 is 2.08. The Morgan fingerprint density at radius 1 is 1.00 bits per heavy atom. The van der Waals surface area contributed by atoms with Crippen LogP contribution in [0.1, 0.15) is 58.8 Å². The molecule has 0 atom stereocenters. The molecule has 0 N–H and O–H groups in total. The SMILES string of the molecule is CCCCSCCCCCCCOC(C)=O. The van der Waals surface area contributed by atoms with Crippen molar-refractivity contribution in [3.05, 3.63) is 0 Å². The second-order valence-corrected chi connectivity index (χ2v) is 5.30. The van der Waals surface area contributed by atoms with Gasteiger partial charge in [0.25, 0.3) is 0 Å². The zero-order valence-corrected chi connectivity index (χ0v) is 11.6. The van der Waals surface area contributed by atoms with Gasteiger partial charge in [0.15, 0.2) is 0 Å². The molecular weight excluding hydrogens is 220 g/mol. The fourth-order valence-electron chi connectivity index (χ4n) is 1.40. The predicted octanol–water partition coefficient (Wildman–Crippen LogP) is 4.03. The summed E-state index contributed by atoms with van der Waals surface area (Å²) in [6.07, 6.45) is 8.79. The van der Waals surface area contributed by atoms with E-state index in [-0.39, 0.29) is 5.97 Å². The van der Waals surface area contributed by atoms with Crippen molar-refractivity contribution >= 4 is 17.7 Å². The van der Waals surface area contributed by atoms with E-state index in [9.17, 15) is 4.79 Å². The van der Waals surface area contributed by atoms with Crippen LogP contribution in [0.4, 0.5) is 0 Å². The Labute approximate surface area is 105 Å². The minimum absolute atomic E-state index is 0.160. The molecule has 0 radical (unpaired) electrons. The highest BCUT2D eigenvalue weighted by atomic mass is 32.2. The quantitative estimate of drug-likeness (QED) is 0.406. The summed E-state index contributed by atoms with van der Waals surface area (Å²) in [6, 6.07) is 0. The van der Waals surface area contributed by atoms with Gasteiger partial charge in [-0.15, -0.1) is 0 Å². The van der Waals surface area contributed by atoms with E-state index >= 15 is 0 Å². The Morgan fingerprint density at radius 3 is 2.31 bits per heavy atom. The zero-order chi connectivity index (χ0) is 12.1. The zero-order valence-electron chi connectivity index (χ0n) is 10.8. The second kappa shape index (κ2) is 12.9. The van der Waals surface area contributed by atoms with E-state index in [0.29, 0.717) is 6.61 Å². The highest BCUT2D eigenvalue weighted by Gasteiger charge is 1.94. The van der Waals surface area contributed by atoms with Crippen LogP contribution in [-0.2, 0) is 9.53 Å². The number of carbonyl (C=O) groups excluding carboxylic acids is 1. The summed E-state index contributed by atoms with van der Waals surface area (Å²) < 4.78 is 4.87. The lowest BCUT2D eigenvalue weighted by Crippen LogP contribution is -2.00. The molecule has 3 heteroatoms. The van der Waals surface area contributed by atoms with Crippen molar-refractivity contribution in [2.75, 3.05) is 18.1 Å². The largest absolute Gasteiger partial charge is 0.466 e. The van der Waals surface area contributed by atoms with Crippen molar-refractivity contribution in [1.29, 1.82) is 0 Å². The van der Waals surface area contributed by atoms with Crippen LogP contribution in [0.25, 0.3) is 0 Å². The van der Waals surface area contributed by atoms with Gasteiger partial charge in [-0.1, -0.05) is 32.6 Å². The molecule has 0 aromatic rings. The Balaban J connectivity index is 2.90. The van der Waals surface area contributed by atoms with Crippen molar-refractivity contribution in [2.45, 2.75) is 58.8 Å². The fraction of sp³-hybridized carbons (Fsp3) is 0.923. The van der Waals surface area contributed by atoms with Gasteiger partial charge in [0.1, 0.15) is 0 Å². The van der Waals surface area contributed by atoms with Gasteiger partial charge < -0.3 is 4.74 Å². The molecule has 96 valence electrons. The predicted molar refractivity (Wildman–Crippen MR) is 72.0 cm³/mol. The molecule has 0 aliphatic rings. The number of hydrogen-bond acceptors (Lipinski definition) is 3. The molecular formula is C13H26O2S. The van der Waals surface area contributed by atoms with Gasteiger partial charge in [0.2, 0.25) is 0 Å². The monoisotopic (exact) mass is 246 g/mol. The second-order valence-electron chi connectivity index (χ2n) is 4.07. The highest BCUT2D eigenvalue weighted by Crippen LogP contribution is 2.10. The van der Waals surface area contributed by atoms with Crippen LogP contribution in [0.2, 0.25) is 0 Å². The molecule has 0 unspecified atom stereocenters. The summed E-state index contributed by atoms with van der Waals surface area (Å²) in [5, 5.41) is 0. The van der Waals surface area contributed by atoms with Crippen LogP contribution < -0.4 is 0 Å². The molecule has 0 aliphatic heterocycles. The van der Waals surface area contributed by atoms with Crippen molar-refractivity contribution in [3.8, 4) is 0 Å². The van der Waals surface area contributed by atoms with Gasteiger partial charge in [-0.25, -0.2) is 0 Å². The summed E-state index contributed by atoms with van der Waals surface area (Å²) in [4.78, 5) is 10.5. The van der Waals surface area contributed by atoms with Gasteiger partial charge in [0, 0.05) is 6.92 Å². The van der Waals surface area contributed by atoms with E-state index in [0.717, 1.165) is 6.42 Å². The maximum atomic E-state index is 10.5. The number of hydrogen-bond donors (Lipinski definition) is 0. The van der Waals surface area contributed by atoms with Crippen molar-refractivity contribution in [3.63, 3.8) is 0 Å². The average Bonchev–Trinajstić information content (AvgIpc) is 2.25. The lowest BCUT2D eigenvalue weighted by molar-refractivity contribution is -0.141. The highest BCUT2D eigenvalue weighted by molar-refractivity contribution is 7.99. The first-order valence-electron chi connectivity index (χ1n) is 6.48. The molecule has 0 amide bonds. The standard InChI is InChI=1S/C13H26O2S/c1-3-4-11-16-12-9-7-5-6-8-10-15-13(2)14/h3-12H2,1-2H3. The van der Waals surface area contributed by atoms with Crippen LogP contribution in [-0.4, -0.2) is 24.1 Å². The van der Waals surface area contributed by atoms with Gasteiger partial charge >= 0.3 is 5.97 Å². The summed E-state index contributed by atoms with van der Waals surface area (Å²) in [6.45, 7) is 4.30. The van der Waals surface area contributed by atoms with Gasteiger partial charge in [-0.05, 0) is 30.8 Å². The van der Waals surface area contributed by atoms with Gasteiger partial charge in [-0.2, -0.15) is 11.8 Å². The Morgan fingerprint density at radius 2 is 1.62 bits per heavy atom. The first-order chi connectivity index (χ1) is 7.77. The lowest BCUT2D eigenvalue weighted by atomic mass is 10.2. The summed E-state index contributed by atoms with van der Waals surface area (Å²) in [5.41, 5.74) is 0. The Bertz CT molecular complexity index is 160. The van der Waals surface area contributed by atoms with E-state index in [1.54, 1.807) is 0 Å². The molecule has 0 bridgehead atoms. The molecule has 0 saturated carbocycles. The minimum atomic E-state index is -0.160. The normalized spacial score (nSPS) is 10.4. The van der Waals surface area contributed by atoms with Gasteiger partial charge in [-0.3, -0.25) is 4.79 Å². The molecule has 0 aromatic heterocycles. The number of carbonyl (C=O) groups is 1. The summed E-state index contributed by atoms with van der Waals surface area (Å²) in [5.74, 6) is 2.47. The number of thioether (sulfide) groups is 1. The Kier molecular flexibility index (Phi) is 12.7. The average molecular weight is 246 g/mol. The molecule has 16 heavy (non-hydrogen) atoms. The topological polar surface area (TPSA) is 26.3 Å². The third-order valence-electron chi connectivity index (χ3n) is 2.38. The van der Waals surface area contributed by atoms with Crippen LogP contribution in [0.15, 0.2) is 0 Å². The van der Waals surface area contributed by atoms with E-state index < -0.39 is 0 Å². The number of unbranched alkanes of at least 4 members (excludes halogenated alkanes) is 5. The maximum Gasteiger partial charge on any atom is 0.302 e. The molecule has 0 spiro atoms. The van der Waals surface area contributed by atoms with E-state index in [4.69, 9.17) is 4.74 Å². The first-order valence-corrected chi connectivity index (χ1v) is 7.64. The molecule has 0 rings (SSSR count). The van der Waals surface area contributed by atoms with Crippen molar-refractivity contribution < 1.29 is 9.53 Å². The molecule has 0 fully saturated rings. The number of esters is 1. The minimum Gasteiger partial charge on any atom is -0.466 e. The third kappa shape index (κ3) is 13.8. The molecule has 0 aromatic carbocycles. The fourth-order valence-corrected chi connectivity index (χ4v) is 2.51. The molecule has 0 saturated heterocycles. The van der Waals surface area contributed by atoms with Crippen molar-refractivity contribution in [1.82, 2.24) is 0 Å².